The third-order valence-electron chi connectivity index (χ3n) is 2.43. The van der Waals surface area contributed by atoms with Gasteiger partial charge in [0.15, 0.2) is 0 Å². The first-order chi connectivity index (χ1) is 5.68. The van der Waals surface area contributed by atoms with E-state index in [1.165, 1.54) is 25.7 Å². The average Bonchev–Trinajstić information content (AvgIpc) is 2.11. The molecule has 0 aromatic carbocycles. The van der Waals surface area contributed by atoms with Gasteiger partial charge in [0, 0.05) is 0 Å². The van der Waals surface area contributed by atoms with Gasteiger partial charge in [0.25, 0.3) is 0 Å². The first-order valence-corrected chi connectivity index (χ1v) is 5.09. The molecule has 0 aromatic rings. The maximum absolute atomic E-state index is 8.99. The molecule has 0 unspecified atom stereocenters. The molecule has 0 amide bonds. The van der Waals surface area contributed by atoms with Crippen LogP contribution in [0.3, 0.4) is 0 Å². The second kappa shape index (κ2) is 6.06. The van der Waals surface area contributed by atoms with Gasteiger partial charge in [-0.3, -0.25) is 0 Å². The second-order valence-corrected chi connectivity index (χ2v) is 3.88. The largest absolute Gasteiger partial charge is 0.198 e. The van der Waals surface area contributed by atoms with E-state index in [1.54, 1.807) is 0 Å². The van der Waals surface area contributed by atoms with Crippen molar-refractivity contribution in [1.82, 2.24) is 0 Å². The van der Waals surface area contributed by atoms with Crippen LogP contribution in [0.15, 0.2) is 0 Å². The quantitative estimate of drug-likeness (QED) is 0.588. The highest BCUT2D eigenvalue weighted by Gasteiger charge is 2.21. The molecule has 0 heterocycles. The van der Waals surface area contributed by atoms with Gasteiger partial charge in [-0.25, -0.2) is 0 Å². The van der Waals surface area contributed by atoms with Crippen LogP contribution in [0, 0.1) is 16.7 Å². The SMILES string of the molecule is CCCCC(C)(C#N)CCCC. The lowest BCUT2D eigenvalue weighted by molar-refractivity contribution is 0.349. The number of rotatable bonds is 6. The first kappa shape index (κ1) is 11.5. The van der Waals surface area contributed by atoms with E-state index in [-0.39, 0.29) is 5.41 Å². The summed E-state index contributed by atoms with van der Waals surface area (Å²) in [7, 11) is 0. The Labute approximate surface area is 76.8 Å². The summed E-state index contributed by atoms with van der Waals surface area (Å²) >= 11 is 0. The van der Waals surface area contributed by atoms with E-state index in [9.17, 15) is 0 Å². The molecule has 0 aliphatic heterocycles. The van der Waals surface area contributed by atoms with Gasteiger partial charge < -0.3 is 0 Å². The monoisotopic (exact) mass is 167 g/mol. The Morgan fingerprint density at radius 3 is 1.75 bits per heavy atom. The lowest BCUT2D eigenvalue weighted by Crippen LogP contribution is -2.13. The molecule has 1 nitrogen and oxygen atoms in total. The molecule has 0 saturated carbocycles. The Kier molecular flexibility index (Phi) is 5.80. The molecule has 0 saturated heterocycles. The molecular formula is C11H21N. The minimum absolute atomic E-state index is 0.0496. The van der Waals surface area contributed by atoms with Crippen LogP contribution in [-0.2, 0) is 0 Å². The van der Waals surface area contributed by atoms with Gasteiger partial charge in [-0.1, -0.05) is 39.5 Å². The molecule has 0 fully saturated rings. The van der Waals surface area contributed by atoms with Crippen LogP contribution in [-0.4, -0.2) is 0 Å². The third kappa shape index (κ3) is 4.38. The maximum Gasteiger partial charge on any atom is 0.0686 e. The molecule has 0 bridgehead atoms. The van der Waals surface area contributed by atoms with Crippen LogP contribution in [0.2, 0.25) is 0 Å². The summed E-state index contributed by atoms with van der Waals surface area (Å²) in [5.74, 6) is 0. The average molecular weight is 167 g/mol. The Hall–Kier alpha value is -0.510. The zero-order valence-electron chi connectivity index (χ0n) is 8.69. The number of nitrogens with zero attached hydrogens (tertiary/aromatic N) is 1. The molecule has 0 aliphatic carbocycles. The molecule has 70 valence electrons. The molecular weight excluding hydrogens is 146 g/mol. The lowest BCUT2D eigenvalue weighted by atomic mass is 9.82. The third-order valence-corrected chi connectivity index (χ3v) is 2.43. The minimum Gasteiger partial charge on any atom is -0.198 e. The summed E-state index contributed by atoms with van der Waals surface area (Å²) in [5.41, 5.74) is -0.0496. The highest BCUT2D eigenvalue weighted by molar-refractivity contribution is 4.94. The Morgan fingerprint density at radius 1 is 1.08 bits per heavy atom. The predicted molar refractivity (Wildman–Crippen MR) is 52.8 cm³/mol. The standard InChI is InChI=1S/C11H21N/c1-4-6-8-11(3,10-12)9-7-5-2/h4-9H2,1-3H3. The molecule has 0 N–H and O–H groups in total. The number of hydrogen-bond acceptors (Lipinski definition) is 1. The van der Waals surface area contributed by atoms with Crippen molar-refractivity contribution in [2.75, 3.05) is 0 Å². The van der Waals surface area contributed by atoms with Crippen molar-refractivity contribution >= 4 is 0 Å². The summed E-state index contributed by atoms with van der Waals surface area (Å²) in [6.07, 6.45) is 6.91. The summed E-state index contributed by atoms with van der Waals surface area (Å²) in [6, 6.07) is 2.45. The summed E-state index contributed by atoms with van der Waals surface area (Å²) in [6.45, 7) is 6.45. The fourth-order valence-corrected chi connectivity index (χ4v) is 1.37. The second-order valence-electron chi connectivity index (χ2n) is 3.88. The molecule has 1 heteroatoms. The number of hydrogen-bond donors (Lipinski definition) is 0. The van der Waals surface area contributed by atoms with Crippen molar-refractivity contribution in [3.63, 3.8) is 0 Å². The lowest BCUT2D eigenvalue weighted by Gasteiger charge is -2.20. The van der Waals surface area contributed by atoms with Gasteiger partial charge in [-0.15, -0.1) is 0 Å². The normalized spacial score (nSPS) is 11.2. The zero-order valence-corrected chi connectivity index (χ0v) is 8.69. The van der Waals surface area contributed by atoms with Crippen molar-refractivity contribution in [3.05, 3.63) is 0 Å². The van der Waals surface area contributed by atoms with Crippen molar-refractivity contribution in [1.29, 1.82) is 5.26 Å². The summed E-state index contributed by atoms with van der Waals surface area (Å²) < 4.78 is 0. The van der Waals surface area contributed by atoms with E-state index in [2.05, 4.69) is 26.8 Å². The van der Waals surface area contributed by atoms with Crippen molar-refractivity contribution in [2.24, 2.45) is 5.41 Å². The van der Waals surface area contributed by atoms with E-state index in [0.29, 0.717) is 0 Å². The van der Waals surface area contributed by atoms with Gasteiger partial charge in [0.05, 0.1) is 11.5 Å². The molecule has 0 spiro atoms. The summed E-state index contributed by atoms with van der Waals surface area (Å²) in [4.78, 5) is 0. The highest BCUT2D eigenvalue weighted by atomic mass is 14.3. The van der Waals surface area contributed by atoms with E-state index in [0.717, 1.165) is 12.8 Å². The van der Waals surface area contributed by atoms with E-state index in [4.69, 9.17) is 5.26 Å². The fourth-order valence-electron chi connectivity index (χ4n) is 1.37. The number of nitriles is 1. The van der Waals surface area contributed by atoms with Crippen LogP contribution in [0.4, 0.5) is 0 Å². The first-order valence-electron chi connectivity index (χ1n) is 5.09. The van der Waals surface area contributed by atoms with Crippen LogP contribution in [0.25, 0.3) is 0 Å². The van der Waals surface area contributed by atoms with Crippen LogP contribution in [0.1, 0.15) is 59.3 Å². The van der Waals surface area contributed by atoms with Crippen molar-refractivity contribution < 1.29 is 0 Å². The molecule has 12 heavy (non-hydrogen) atoms. The van der Waals surface area contributed by atoms with Crippen molar-refractivity contribution in [3.8, 4) is 6.07 Å². The topological polar surface area (TPSA) is 23.8 Å². The minimum atomic E-state index is -0.0496. The van der Waals surface area contributed by atoms with E-state index < -0.39 is 0 Å². The molecule has 0 radical (unpaired) electrons. The van der Waals surface area contributed by atoms with Crippen molar-refractivity contribution in [2.45, 2.75) is 59.3 Å². The fraction of sp³-hybridized carbons (Fsp3) is 0.909. The van der Waals surface area contributed by atoms with Gasteiger partial charge in [0.2, 0.25) is 0 Å². The van der Waals surface area contributed by atoms with Gasteiger partial charge in [-0.05, 0) is 19.8 Å². The maximum atomic E-state index is 8.99. The van der Waals surface area contributed by atoms with Gasteiger partial charge in [0.1, 0.15) is 0 Å². The van der Waals surface area contributed by atoms with Crippen LogP contribution >= 0.6 is 0 Å². The molecule has 0 aromatic heterocycles. The van der Waals surface area contributed by atoms with Gasteiger partial charge in [-0.2, -0.15) is 5.26 Å². The highest BCUT2D eigenvalue weighted by Crippen LogP contribution is 2.29. The molecule has 0 atom stereocenters. The summed E-state index contributed by atoms with van der Waals surface area (Å²) in [5, 5.41) is 8.99. The van der Waals surface area contributed by atoms with E-state index in [1.807, 2.05) is 0 Å². The number of unbranched alkanes of at least 4 members (excludes halogenated alkanes) is 2. The molecule has 0 aliphatic rings. The molecule has 0 rings (SSSR count). The van der Waals surface area contributed by atoms with E-state index >= 15 is 0 Å². The Bertz CT molecular complexity index is 136. The van der Waals surface area contributed by atoms with Crippen LogP contribution in [0.5, 0.6) is 0 Å². The zero-order chi connectivity index (χ0) is 9.45. The Balaban J connectivity index is 3.81. The predicted octanol–water partition coefficient (Wildman–Crippen LogP) is 3.90. The smallest absolute Gasteiger partial charge is 0.0686 e. The Morgan fingerprint density at radius 2 is 1.50 bits per heavy atom. The van der Waals surface area contributed by atoms with Gasteiger partial charge >= 0.3 is 0 Å². The van der Waals surface area contributed by atoms with Crippen LogP contribution < -0.4 is 0 Å².